The standard InChI is InChI=1S/C13H19N3O3/c1-4-5-10(13(18)19)15-12(17)9-6-7-11(14-8-9)16(2)3/h6-8,10H,4-5H2,1-3H3,(H,15,17)(H,18,19)/t10-/m0/s1. The quantitative estimate of drug-likeness (QED) is 0.805. The normalized spacial score (nSPS) is 11.7. The minimum Gasteiger partial charge on any atom is -0.480 e. The fourth-order valence-electron chi connectivity index (χ4n) is 1.57. The Labute approximate surface area is 112 Å². The van der Waals surface area contributed by atoms with Crippen LogP contribution in [0.2, 0.25) is 0 Å². The van der Waals surface area contributed by atoms with Crippen molar-refractivity contribution in [1.82, 2.24) is 10.3 Å². The van der Waals surface area contributed by atoms with Crippen LogP contribution in [-0.2, 0) is 4.79 Å². The summed E-state index contributed by atoms with van der Waals surface area (Å²) in [6.07, 6.45) is 2.54. The summed E-state index contributed by atoms with van der Waals surface area (Å²) in [5, 5.41) is 11.5. The van der Waals surface area contributed by atoms with E-state index in [4.69, 9.17) is 5.11 Å². The van der Waals surface area contributed by atoms with Gasteiger partial charge in [0.1, 0.15) is 11.9 Å². The van der Waals surface area contributed by atoms with Gasteiger partial charge in [-0.05, 0) is 18.6 Å². The molecule has 0 fully saturated rings. The predicted octanol–water partition coefficient (Wildman–Crippen LogP) is 1.13. The molecule has 0 aromatic carbocycles. The summed E-state index contributed by atoms with van der Waals surface area (Å²) in [5.74, 6) is -0.702. The highest BCUT2D eigenvalue weighted by Crippen LogP contribution is 2.08. The number of carbonyl (C=O) groups is 2. The lowest BCUT2D eigenvalue weighted by Crippen LogP contribution is -2.40. The van der Waals surface area contributed by atoms with E-state index in [1.165, 1.54) is 6.20 Å². The number of pyridine rings is 1. The summed E-state index contributed by atoms with van der Waals surface area (Å²) in [6, 6.07) is 2.48. The average molecular weight is 265 g/mol. The monoisotopic (exact) mass is 265 g/mol. The number of carbonyl (C=O) groups excluding carboxylic acids is 1. The van der Waals surface area contributed by atoms with Gasteiger partial charge in [0, 0.05) is 20.3 Å². The first-order valence-corrected chi connectivity index (χ1v) is 6.12. The van der Waals surface area contributed by atoms with E-state index in [2.05, 4.69) is 10.3 Å². The van der Waals surface area contributed by atoms with E-state index in [0.29, 0.717) is 18.4 Å². The molecule has 0 bridgehead atoms. The Morgan fingerprint density at radius 3 is 2.53 bits per heavy atom. The Morgan fingerprint density at radius 2 is 2.11 bits per heavy atom. The van der Waals surface area contributed by atoms with Crippen molar-refractivity contribution in [3.63, 3.8) is 0 Å². The van der Waals surface area contributed by atoms with E-state index in [9.17, 15) is 9.59 Å². The molecule has 104 valence electrons. The van der Waals surface area contributed by atoms with Gasteiger partial charge in [0.15, 0.2) is 0 Å². The summed E-state index contributed by atoms with van der Waals surface area (Å²) in [4.78, 5) is 28.8. The van der Waals surface area contributed by atoms with Gasteiger partial charge >= 0.3 is 5.97 Å². The molecule has 1 aromatic heterocycles. The number of carboxylic acids is 1. The van der Waals surface area contributed by atoms with Gasteiger partial charge in [-0.3, -0.25) is 4.79 Å². The molecule has 2 N–H and O–H groups in total. The number of nitrogens with one attached hydrogen (secondary N) is 1. The largest absolute Gasteiger partial charge is 0.480 e. The number of nitrogens with zero attached hydrogens (tertiary/aromatic N) is 2. The lowest BCUT2D eigenvalue weighted by atomic mass is 10.1. The highest BCUT2D eigenvalue weighted by atomic mass is 16.4. The third-order valence-corrected chi connectivity index (χ3v) is 2.65. The number of amides is 1. The van der Waals surface area contributed by atoms with Crippen molar-refractivity contribution >= 4 is 17.7 Å². The SMILES string of the molecule is CCC[C@H](NC(=O)c1ccc(N(C)C)nc1)C(=O)O. The second kappa shape index (κ2) is 6.72. The summed E-state index contributed by atoms with van der Waals surface area (Å²) in [6.45, 7) is 1.87. The molecule has 19 heavy (non-hydrogen) atoms. The van der Waals surface area contributed by atoms with Gasteiger partial charge in [0.05, 0.1) is 5.56 Å². The molecule has 1 aromatic rings. The van der Waals surface area contributed by atoms with Crippen molar-refractivity contribution < 1.29 is 14.7 Å². The third kappa shape index (κ3) is 4.24. The number of hydrogen-bond acceptors (Lipinski definition) is 4. The smallest absolute Gasteiger partial charge is 0.326 e. The second-order valence-electron chi connectivity index (χ2n) is 4.45. The Kier molecular flexibility index (Phi) is 5.29. The minimum absolute atomic E-state index is 0.355. The molecule has 1 amide bonds. The first kappa shape index (κ1) is 14.9. The molecule has 0 aliphatic carbocycles. The zero-order valence-corrected chi connectivity index (χ0v) is 11.4. The van der Waals surface area contributed by atoms with Crippen LogP contribution >= 0.6 is 0 Å². The van der Waals surface area contributed by atoms with E-state index in [0.717, 1.165) is 5.82 Å². The second-order valence-corrected chi connectivity index (χ2v) is 4.45. The van der Waals surface area contributed by atoms with Gasteiger partial charge in [0.2, 0.25) is 0 Å². The first-order chi connectivity index (χ1) is 8.95. The number of rotatable bonds is 6. The molecule has 0 aliphatic heterocycles. The fraction of sp³-hybridized carbons (Fsp3) is 0.462. The zero-order chi connectivity index (χ0) is 14.4. The Bertz CT molecular complexity index is 443. The lowest BCUT2D eigenvalue weighted by Gasteiger charge is -2.14. The predicted molar refractivity (Wildman–Crippen MR) is 72.4 cm³/mol. The maximum Gasteiger partial charge on any atom is 0.326 e. The summed E-state index contributed by atoms with van der Waals surface area (Å²) in [7, 11) is 3.70. The highest BCUT2D eigenvalue weighted by molar-refractivity contribution is 5.96. The summed E-state index contributed by atoms with van der Waals surface area (Å²) >= 11 is 0. The molecule has 1 atom stereocenters. The molecular formula is C13H19N3O3. The summed E-state index contributed by atoms with van der Waals surface area (Å²) < 4.78 is 0. The molecule has 0 saturated carbocycles. The average Bonchev–Trinajstić information content (AvgIpc) is 2.38. The number of anilines is 1. The third-order valence-electron chi connectivity index (χ3n) is 2.65. The fourth-order valence-corrected chi connectivity index (χ4v) is 1.57. The molecule has 0 unspecified atom stereocenters. The van der Waals surface area contributed by atoms with Crippen molar-refractivity contribution in [3.8, 4) is 0 Å². The van der Waals surface area contributed by atoms with Crippen LogP contribution in [0.15, 0.2) is 18.3 Å². The maximum absolute atomic E-state index is 11.9. The Morgan fingerprint density at radius 1 is 1.42 bits per heavy atom. The van der Waals surface area contributed by atoms with Crippen molar-refractivity contribution in [2.45, 2.75) is 25.8 Å². The Hall–Kier alpha value is -2.11. The lowest BCUT2D eigenvalue weighted by molar-refractivity contribution is -0.139. The van der Waals surface area contributed by atoms with Crippen LogP contribution in [0.4, 0.5) is 5.82 Å². The van der Waals surface area contributed by atoms with Crippen LogP contribution in [0.3, 0.4) is 0 Å². The van der Waals surface area contributed by atoms with Gasteiger partial charge < -0.3 is 15.3 Å². The van der Waals surface area contributed by atoms with E-state index in [1.807, 2.05) is 25.9 Å². The van der Waals surface area contributed by atoms with E-state index >= 15 is 0 Å². The molecule has 0 aliphatic rings. The van der Waals surface area contributed by atoms with E-state index in [1.54, 1.807) is 12.1 Å². The molecule has 0 spiro atoms. The van der Waals surface area contributed by atoms with Crippen molar-refractivity contribution in [2.75, 3.05) is 19.0 Å². The van der Waals surface area contributed by atoms with E-state index in [-0.39, 0.29) is 0 Å². The zero-order valence-electron chi connectivity index (χ0n) is 11.4. The van der Waals surface area contributed by atoms with Gasteiger partial charge in [0.25, 0.3) is 5.91 Å². The van der Waals surface area contributed by atoms with Gasteiger partial charge in [-0.15, -0.1) is 0 Å². The van der Waals surface area contributed by atoms with Gasteiger partial charge in [-0.1, -0.05) is 13.3 Å². The molecule has 6 heteroatoms. The van der Waals surface area contributed by atoms with Gasteiger partial charge in [-0.2, -0.15) is 0 Å². The topological polar surface area (TPSA) is 82.5 Å². The minimum atomic E-state index is -1.02. The van der Waals surface area contributed by atoms with Gasteiger partial charge in [-0.25, -0.2) is 9.78 Å². The Balaban J connectivity index is 2.74. The van der Waals surface area contributed by atoms with Crippen LogP contribution in [0.1, 0.15) is 30.1 Å². The number of aromatic nitrogens is 1. The molecular weight excluding hydrogens is 246 g/mol. The molecule has 1 rings (SSSR count). The number of aliphatic carboxylic acids is 1. The van der Waals surface area contributed by atoms with Crippen LogP contribution < -0.4 is 10.2 Å². The molecule has 1 heterocycles. The number of hydrogen-bond donors (Lipinski definition) is 2. The number of carboxylic acid groups (broad SMARTS) is 1. The maximum atomic E-state index is 11.9. The van der Waals surface area contributed by atoms with Crippen LogP contribution in [0.5, 0.6) is 0 Å². The first-order valence-electron chi connectivity index (χ1n) is 6.12. The highest BCUT2D eigenvalue weighted by Gasteiger charge is 2.19. The van der Waals surface area contributed by atoms with E-state index < -0.39 is 17.9 Å². The van der Waals surface area contributed by atoms with Crippen LogP contribution in [-0.4, -0.2) is 42.1 Å². The summed E-state index contributed by atoms with van der Waals surface area (Å²) in [5.41, 5.74) is 0.355. The van der Waals surface area contributed by atoms with Crippen molar-refractivity contribution in [3.05, 3.63) is 23.9 Å². The van der Waals surface area contributed by atoms with Crippen LogP contribution in [0.25, 0.3) is 0 Å². The van der Waals surface area contributed by atoms with Crippen molar-refractivity contribution in [2.24, 2.45) is 0 Å². The molecule has 0 saturated heterocycles. The molecule has 6 nitrogen and oxygen atoms in total. The van der Waals surface area contributed by atoms with Crippen molar-refractivity contribution in [1.29, 1.82) is 0 Å². The van der Waals surface area contributed by atoms with Crippen LogP contribution in [0, 0.1) is 0 Å². The molecule has 0 radical (unpaired) electrons.